The quantitative estimate of drug-likeness (QED) is 0.502. The van der Waals surface area contributed by atoms with Crippen LogP contribution in [0.4, 0.5) is 4.39 Å². The molecule has 0 aliphatic carbocycles. The molecule has 1 aliphatic heterocycles. The predicted octanol–water partition coefficient (Wildman–Crippen LogP) is 3.58. The van der Waals surface area contributed by atoms with E-state index >= 15 is 0 Å². The molecule has 0 fully saturated rings. The topological polar surface area (TPSA) is 96.8 Å². The maximum absolute atomic E-state index is 14.8. The van der Waals surface area contributed by atoms with E-state index in [2.05, 4.69) is 38.8 Å². The molecular formula is C25H25FN6O2. The van der Waals surface area contributed by atoms with E-state index < -0.39 is 5.82 Å². The number of benzene rings is 2. The van der Waals surface area contributed by atoms with Gasteiger partial charge in [-0.05, 0) is 30.7 Å². The minimum atomic E-state index is -0.574. The van der Waals surface area contributed by atoms with Gasteiger partial charge >= 0.3 is 0 Å². The molecule has 1 amide bonds. The van der Waals surface area contributed by atoms with Gasteiger partial charge in [0.25, 0.3) is 11.5 Å². The molecule has 9 heteroatoms. The maximum atomic E-state index is 14.8. The molecule has 5 rings (SSSR count). The van der Waals surface area contributed by atoms with Gasteiger partial charge < -0.3 is 9.47 Å². The number of aromatic nitrogens is 5. The second-order valence-corrected chi connectivity index (χ2v) is 9.07. The summed E-state index contributed by atoms with van der Waals surface area (Å²) in [6.07, 6.45) is 0.348. The number of nitrogens with zero attached hydrogens (tertiary/aromatic N) is 5. The van der Waals surface area contributed by atoms with Crippen LogP contribution in [-0.2, 0) is 13.0 Å². The fourth-order valence-electron chi connectivity index (χ4n) is 4.63. The monoisotopic (exact) mass is 460 g/mol. The van der Waals surface area contributed by atoms with Crippen molar-refractivity contribution in [3.05, 3.63) is 87.1 Å². The van der Waals surface area contributed by atoms with Crippen molar-refractivity contribution in [3.8, 4) is 0 Å². The molecule has 3 heterocycles. The number of carbonyl (C=O) groups is 1. The van der Waals surface area contributed by atoms with Crippen LogP contribution in [-0.4, -0.2) is 42.3 Å². The Morgan fingerprint density at radius 3 is 2.71 bits per heavy atom. The molecule has 0 radical (unpaired) electrons. The van der Waals surface area contributed by atoms with Crippen LogP contribution in [0.2, 0.25) is 0 Å². The van der Waals surface area contributed by atoms with Gasteiger partial charge in [-0.2, -0.15) is 5.10 Å². The van der Waals surface area contributed by atoms with Crippen LogP contribution in [0, 0.1) is 5.82 Å². The zero-order chi connectivity index (χ0) is 24.0. The van der Waals surface area contributed by atoms with Crippen molar-refractivity contribution in [2.75, 3.05) is 6.54 Å². The van der Waals surface area contributed by atoms with Crippen LogP contribution < -0.4 is 5.56 Å². The Hall–Kier alpha value is -3.88. The maximum Gasteiger partial charge on any atom is 0.272 e. The number of amides is 1. The Bertz CT molecular complexity index is 1460. The lowest BCUT2D eigenvalue weighted by Gasteiger charge is -2.33. The minimum absolute atomic E-state index is 0.00970. The van der Waals surface area contributed by atoms with Gasteiger partial charge in [-0.3, -0.25) is 9.59 Å². The van der Waals surface area contributed by atoms with Crippen LogP contribution in [0.3, 0.4) is 0 Å². The summed E-state index contributed by atoms with van der Waals surface area (Å²) in [4.78, 5) is 27.0. The summed E-state index contributed by atoms with van der Waals surface area (Å²) in [5, 5.41) is 16.6. The Morgan fingerprint density at radius 2 is 1.94 bits per heavy atom. The first kappa shape index (κ1) is 21.9. The highest BCUT2D eigenvalue weighted by molar-refractivity contribution is 5.95. The molecule has 0 bridgehead atoms. The summed E-state index contributed by atoms with van der Waals surface area (Å²) < 4.78 is 16.9. The predicted molar refractivity (Wildman–Crippen MR) is 125 cm³/mol. The summed E-state index contributed by atoms with van der Waals surface area (Å²) in [5.74, 6) is 0.860. The third-order valence-electron chi connectivity index (χ3n) is 6.26. The standard InChI is InChI=1S/C25H25FN6O2/c1-14(2)23-29-28-22-13-31(12-15(3)32(22)23)25(34)19-10-16(8-9-20(19)26)11-21-17-6-4-5-7-18(17)24(33)30-27-21/h4-10,14-15H,11-13H2,1-3H3,(H,30,33). The van der Waals surface area contributed by atoms with Gasteiger partial charge in [0.05, 0.1) is 29.2 Å². The number of H-pyrrole nitrogens is 1. The lowest BCUT2D eigenvalue weighted by atomic mass is 10.0. The van der Waals surface area contributed by atoms with Crippen LogP contribution in [0.5, 0.6) is 0 Å². The molecule has 0 saturated heterocycles. The van der Waals surface area contributed by atoms with Crippen molar-refractivity contribution < 1.29 is 9.18 Å². The normalized spacial score (nSPS) is 15.7. The molecule has 8 nitrogen and oxygen atoms in total. The van der Waals surface area contributed by atoms with E-state index in [-0.39, 0.29) is 35.5 Å². The Morgan fingerprint density at radius 1 is 1.18 bits per heavy atom. The lowest BCUT2D eigenvalue weighted by Crippen LogP contribution is -2.41. The van der Waals surface area contributed by atoms with E-state index in [1.165, 1.54) is 6.07 Å². The van der Waals surface area contributed by atoms with E-state index in [9.17, 15) is 14.0 Å². The zero-order valence-corrected chi connectivity index (χ0v) is 19.2. The second-order valence-electron chi connectivity index (χ2n) is 9.07. The Labute approximate surface area is 195 Å². The van der Waals surface area contributed by atoms with Crippen LogP contribution in [0.25, 0.3) is 10.8 Å². The summed E-state index contributed by atoms with van der Waals surface area (Å²) in [5.41, 5.74) is 1.13. The van der Waals surface area contributed by atoms with E-state index in [4.69, 9.17) is 0 Å². The highest BCUT2D eigenvalue weighted by Crippen LogP contribution is 2.27. The smallest absolute Gasteiger partial charge is 0.272 e. The summed E-state index contributed by atoms with van der Waals surface area (Å²) >= 11 is 0. The molecule has 0 spiro atoms. The van der Waals surface area contributed by atoms with Crippen LogP contribution in [0.1, 0.15) is 66.0 Å². The summed E-state index contributed by atoms with van der Waals surface area (Å²) in [6.45, 7) is 6.85. The van der Waals surface area contributed by atoms with Gasteiger partial charge in [-0.1, -0.05) is 38.1 Å². The molecular weight excluding hydrogens is 435 g/mol. The fraction of sp³-hybridized carbons (Fsp3) is 0.320. The SMILES string of the molecule is CC(C)c1nnc2n1C(C)CN(C(=O)c1cc(Cc3n[nH]c(=O)c4ccccc34)ccc1F)C2. The third kappa shape index (κ3) is 3.76. The molecule has 34 heavy (non-hydrogen) atoms. The van der Waals surface area contributed by atoms with E-state index in [0.29, 0.717) is 29.9 Å². The van der Waals surface area contributed by atoms with Crippen molar-refractivity contribution in [3.63, 3.8) is 0 Å². The van der Waals surface area contributed by atoms with Crippen molar-refractivity contribution in [2.45, 2.75) is 45.7 Å². The Balaban J connectivity index is 1.44. The number of hydrogen-bond donors (Lipinski definition) is 1. The summed E-state index contributed by atoms with van der Waals surface area (Å²) in [7, 11) is 0. The van der Waals surface area contributed by atoms with Crippen LogP contribution in [0.15, 0.2) is 47.3 Å². The molecule has 1 unspecified atom stereocenters. The first-order valence-corrected chi connectivity index (χ1v) is 11.3. The first-order valence-electron chi connectivity index (χ1n) is 11.3. The van der Waals surface area contributed by atoms with Gasteiger partial charge in [0.1, 0.15) is 11.6 Å². The number of hydrogen-bond acceptors (Lipinski definition) is 5. The molecule has 4 aromatic rings. The van der Waals surface area contributed by atoms with Crippen LogP contribution >= 0.6 is 0 Å². The molecule has 2 aromatic heterocycles. The number of halogens is 1. The van der Waals surface area contributed by atoms with Crippen molar-refractivity contribution >= 4 is 16.7 Å². The van der Waals surface area contributed by atoms with E-state index in [1.807, 2.05) is 19.1 Å². The highest BCUT2D eigenvalue weighted by Gasteiger charge is 2.31. The average Bonchev–Trinajstić information content (AvgIpc) is 3.27. The average molecular weight is 461 g/mol. The van der Waals surface area contributed by atoms with Gasteiger partial charge in [-0.15, -0.1) is 10.2 Å². The number of aromatic amines is 1. The Kier molecular flexibility index (Phi) is 5.47. The molecule has 1 N–H and O–H groups in total. The van der Waals surface area contributed by atoms with Crippen molar-refractivity contribution in [1.82, 2.24) is 29.9 Å². The number of fused-ring (bicyclic) bond motifs is 2. The molecule has 1 aliphatic rings. The molecule has 174 valence electrons. The molecule has 1 atom stereocenters. The molecule has 0 saturated carbocycles. The second kappa shape index (κ2) is 8.48. The lowest BCUT2D eigenvalue weighted by molar-refractivity contribution is 0.0674. The van der Waals surface area contributed by atoms with E-state index in [0.717, 1.165) is 16.8 Å². The fourth-order valence-corrected chi connectivity index (χ4v) is 4.63. The van der Waals surface area contributed by atoms with Gasteiger partial charge in [0.2, 0.25) is 0 Å². The number of carbonyl (C=O) groups excluding carboxylic acids is 1. The van der Waals surface area contributed by atoms with Crippen molar-refractivity contribution in [1.29, 1.82) is 0 Å². The summed E-state index contributed by atoms with van der Waals surface area (Å²) in [6, 6.07) is 11.7. The zero-order valence-electron chi connectivity index (χ0n) is 19.2. The van der Waals surface area contributed by atoms with Gasteiger partial charge in [0, 0.05) is 24.3 Å². The van der Waals surface area contributed by atoms with Gasteiger partial charge in [0.15, 0.2) is 5.82 Å². The first-order chi connectivity index (χ1) is 16.3. The number of nitrogens with one attached hydrogen (secondary N) is 1. The third-order valence-corrected chi connectivity index (χ3v) is 6.26. The van der Waals surface area contributed by atoms with Gasteiger partial charge in [-0.25, -0.2) is 9.49 Å². The van der Waals surface area contributed by atoms with E-state index in [1.54, 1.807) is 29.2 Å². The van der Waals surface area contributed by atoms with Crippen molar-refractivity contribution in [2.24, 2.45) is 0 Å². The minimum Gasteiger partial charge on any atom is -0.329 e. The molecule has 2 aromatic carbocycles. The number of rotatable bonds is 4. The largest absolute Gasteiger partial charge is 0.329 e. The highest BCUT2D eigenvalue weighted by atomic mass is 19.1.